The summed E-state index contributed by atoms with van der Waals surface area (Å²) >= 11 is 3.52. The lowest BCUT2D eigenvalue weighted by Crippen LogP contribution is -2.47. The van der Waals surface area contributed by atoms with Crippen LogP contribution in [0.5, 0.6) is 0 Å². The Morgan fingerprint density at radius 1 is 1.58 bits per heavy atom. The molecule has 5 heteroatoms. The Balaban J connectivity index is 1.74. The standard InChI is InChI=1S/C14H18N2OS2/c1-11-5-6-12(19-11)3-2-4-13(17)16-14(9-15)7-8-18-10-14/h5-6H,2-4,7-8,10H2,1H3,(H,16,17)/t14-/m0/s1. The van der Waals surface area contributed by atoms with E-state index in [0.29, 0.717) is 6.42 Å². The molecule has 0 radical (unpaired) electrons. The number of thioether (sulfide) groups is 1. The van der Waals surface area contributed by atoms with Crippen LogP contribution in [0.4, 0.5) is 0 Å². The Hall–Kier alpha value is -0.990. The molecule has 2 rings (SSSR count). The monoisotopic (exact) mass is 294 g/mol. The molecule has 19 heavy (non-hydrogen) atoms. The van der Waals surface area contributed by atoms with E-state index in [-0.39, 0.29) is 5.91 Å². The third-order valence-electron chi connectivity index (χ3n) is 3.24. The fourth-order valence-electron chi connectivity index (χ4n) is 2.15. The molecule has 1 saturated heterocycles. The van der Waals surface area contributed by atoms with Gasteiger partial charge in [-0.25, -0.2) is 0 Å². The van der Waals surface area contributed by atoms with Gasteiger partial charge in [-0.2, -0.15) is 17.0 Å². The number of amides is 1. The largest absolute Gasteiger partial charge is 0.337 e. The molecule has 102 valence electrons. The molecule has 3 nitrogen and oxygen atoms in total. The number of nitrogens with one attached hydrogen (secondary N) is 1. The molecule has 1 aromatic heterocycles. The van der Waals surface area contributed by atoms with Crippen molar-refractivity contribution in [2.45, 2.75) is 38.1 Å². The van der Waals surface area contributed by atoms with E-state index in [9.17, 15) is 10.1 Å². The molecule has 0 spiro atoms. The first-order valence-electron chi connectivity index (χ1n) is 6.49. The molecule has 1 atom stereocenters. The summed E-state index contributed by atoms with van der Waals surface area (Å²) in [6.07, 6.45) is 3.07. The van der Waals surface area contributed by atoms with Crippen LogP contribution in [-0.4, -0.2) is 23.0 Å². The lowest BCUT2D eigenvalue weighted by molar-refractivity contribution is -0.122. The molecule has 1 fully saturated rings. The molecule has 1 aliphatic heterocycles. The number of nitriles is 1. The summed E-state index contributed by atoms with van der Waals surface area (Å²) in [7, 11) is 0. The molecule has 2 heterocycles. The van der Waals surface area contributed by atoms with E-state index < -0.39 is 5.54 Å². The Bertz CT molecular complexity index is 484. The second kappa shape index (κ2) is 6.44. The first-order chi connectivity index (χ1) is 9.13. The number of aryl methyl sites for hydroxylation is 2. The zero-order valence-corrected chi connectivity index (χ0v) is 12.7. The highest BCUT2D eigenvalue weighted by molar-refractivity contribution is 7.99. The Morgan fingerprint density at radius 3 is 3.00 bits per heavy atom. The minimum Gasteiger partial charge on any atom is -0.337 e. The van der Waals surface area contributed by atoms with Crippen molar-refractivity contribution in [3.05, 3.63) is 21.9 Å². The lowest BCUT2D eigenvalue weighted by Gasteiger charge is -2.21. The van der Waals surface area contributed by atoms with Crippen LogP contribution in [0.15, 0.2) is 12.1 Å². The summed E-state index contributed by atoms with van der Waals surface area (Å²) < 4.78 is 0. The predicted octanol–water partition coefficient (Wildman–Crippen LogP) is 2.89. The fourth-order valence-corrected chi connectivity index (χ4v) is 4.35. The highest BCUT2D eigenvalue weighted by Crippen LogP contribution is 2.27. The Kier molecular flexibility index (Phi) is 4.89. The van der Waals surface area contributed by atoms with Gasteiger partial charge >= 0.3 is 0 Å². The Labute approximate surface area is 122 Å². The van der Waals surface area contributed by atoms with Crippen LogP contribution in [0.3, 0.4) is 0 Å². The topological polar surface area (TPSA) is 52.9 Å². The van der Waals surface area contributed by atoms with E-state index in [0.717, 1.165) is 30.8 Å². The highest BCUT2D eigenvalue weighted by atomic mass is 32.2. The summed E-state index contributed by atoms with van der Waals surface area (Å²) in [6.45, 7) is 2.09. The van der Waals surface area contributed by atoms with Crippen molar-refractivity contribution in [3.63, 3.8) is 0 Å². The normalized spacial score (nSPS) is 22.1. The van der Waals surface area contributed by atoms with Crippen LogP contribution < -0.4 is 5.32 Å². The molecule has 0 aliphatic carbocycles. The van der Waals surface area contributed by atoms with Gasteiger partial charge in [0.25, 0.3) is 0 Å². The molecule has 0 bridgehead atoms. The number of carbonyl (C=O) groups is 1. The van der Waals surface area contributed by atoms with E-state index in [2.05, 4.69) is 30.4 Å². The maximum atomic E-state index is 11.9. The van der Waals surface area contributed by atoms with Gasteiger partial charge in [0.15, 0.2) is 0 Å². The number of hydrogen-bond acceptors (Lipinski definition) is 4. The van der Waals surface area contributed by atoms with Crippen LogP contribution in [0.2, 0.25) is 0 Å². The van der Waals surface area contributed by atoms with Gasteiger partial charge in [0.05, 0.1) is 6.07 Å². The van der Waals surface area contributed by atoms with Gasteiger partial charge in [0, 0.05) is 21.9 Å². The average Bonchev–Trinajstić information content (AvgIpc) is 2.99. The summed E-state index contributed by atoms with van der Waals surface area (Å²) in [5.41, 5.74) is -0.610. The number of rotatable bonds is 5. The van der Waals surface area contributed by atoms with E-state index in [1.807, 2.05) is 0 Å². The van der Waals surface area contributed by atoms with E-state index in [1.165, 1.54) is 9.75 Å². The molecule has 0 unspecified atom stereocenters. The average molecular weight is 294 g/mol. The van der Waals surface area contributed by atoms with Crippen LogP contribution in [0, 0.1) is 18.3 Å². The summed E-state index contributed by atoms with van der Waals surface area (Å²) in [5, 5.41) is 12.1. The van der Waals surface area contributed by atoms with Crippen molar-refractivity contribution in [1.29, 1.82) is 5.26 Å². The highest BCUT2D eigenvalue weighted by Gasteiger charge is 2.35. The molecule has 0 saturated carbocycles. The van der Waals surface area contributed by atoms with Crippen LogP contribution in [0.1, 0.15) is 29.0 Å². The predicted molar refractivity (Wildman–Crippen MR) is 80.4 cm³/mol. The number of carbonyl (C=O) groups excluding carboxylic acids is 1. The molecule has 1 amide bonds. The van der Waals surface area contributed by atoms with Gasteiger partial charge in [-0.1, -0.05) is 0 Å². The smallest absolute Gasteiger partial charge is 0.221 e. The second-order valence-electron chi connectivity index (χ2n) is 4.91. The molecule has 1 aliphatic rings. The summed E-state index contributed by atoms with van der Waals surface area (Å²) in [4.78, 5) is 14.5. The summed E-state index contributed by atoms with van der Waals surface area (Å²) in [6, 6.07) is 6.51. The minimum atomic E-state index is -0.610. The maximum Gasteiger partial charge on any atom is 0.221 e. The SMILES string of the molecule is Cc1ccc(CCCC(=O)N[C@]2(C#N)CCSC2)s1. The van der Waals surface area contributed by atoms with Crippen LogP contribution in [-0.2, 0) is 11.2 Å². The minimum absolute atomic E-state index is 0.0114. The van der Waals surface area contributed by atoms with Crippen molar-refractivity contribution in [1.82, 2.24) is 5.32 Å². The Morgan fingerprint density at radius 2 is 2.42 bits per heavy atom. The fraction of sp³-hybridized carbons (Fsp3) is 0.571. The summed E-state index contributed by atoms with van der Waals surface area (Å²) in [5.74, 6) is 1.69. The molecular weight excluding hydrogens is 276 g/mol. The molecule has 0 aromatic carbocycles. The molecule has 1 aromatic rings. The van der Waals surface area contributed by atoms with Crippen molar-refractivity contribution in [2.75, 3.05) is 11.5 Å². The van der Waals surface area contributed by atoms with Crippen molar-refractivity contribution < 1.29 is 4.79 Å². The van der Waals surface area contributed by atoms with Crippen molar-refractivity contribution in [3.8, 4) is 6.07 Å². The van der Waals surface area contributed by atoms with Gasteiger partial charge in [-0.05, 0) is 44.1 Å². The first kappa shape index (κ1) is 14.4. The third kappa shape index (κ3) is 3.99. The van der Waals surface area contributed by atoms with Gasteiger partial charge in [-0.15, -0.1) is 11.3 Å². The molecular formula is C14H18N2OS2. The van der Waals surface area contributed by atoms with Crippen molar-refractivity contribution >= 4 is 29.0 Å². The van der Waals surface area contributed by atoms with Crippen molar-refractivity contribution in [2.24, 2.45) is 0 Å². The molecule has 1 N–H and O–H groups in total. The van der Waals surface area contributed by atoms with E-state index >= 15 is 0 Å². The first-order valence-corrected chi connectivity index (χ1v) is 8.46. The van der Waals surface area contributed by atoms with Gasteiger partial charge in [0.2, 0.25) is 5.91 Å². The van der Waals surface area contributed by atoms with Crippen LogP contribution >= 0.6 is 23.1 Å². The second-order valence-corrected chi connectivity index (χ2v) is 7.39. The number of nitrogens with zero attached hydrogens (tertiary/aromatic N) is 1. The quantitative estimate of drug-likeness (QED) is 0.908. The van der Waals surface area contributed by atoms with Crippen LogP contribution in [0.25, 0.3) is 0 Å². The van der Waals surface area contributed by atoms with Gasteiger partial charge in [-0.3, -0.25) is 4.79 Å². The zero-order valence-electron chi connectivity index (χ0n) is 11.1. The van der Waals surface area contributed by atoms with E-state index in [1.54, 1.807) is 23.1 Å². The van der Waals surface area contributed by atoms with E-state index in [4.69, 9.17) is 0 Å². The number of hydrogen-bond donors (Lipinski definition) is 1. The third-order valence-corrected chi connectivity index (χ3v) is 5.49. The number of thiophene rings is 1. The lowest BCUT2D eigenvalue weighted by atomic mass is 10.0. The zero-order chi connectivity index (χ0) is 13.7. The van der Waals surface area contributed by atoms with Gasteiger partial charge in [0.1, 0.15) is 5.54 Å². The maximum absolute atomic E-state index is 11.9. The van der Waals surface area contributed by atoms with Gasteiger partial charge < -0.3 is 5.32 Å².